The van der Waals surface area contributed by atoms with Gasteiger partial charge in [-0.15, -0.1) is 24.0 Å². The Morgan fingerprint density at radius 2 is 2.08 bits per heavy atom. The third-order valence-corrected chi connectivity index (χ3v) is 3.96. The van der Waals surface area contributed by atoms with Crippen LogP contribution in [0.4, 0.5) is 10.5 Å². The first-order valence-electron chi connectivity index (χ1n) is 8.92. The van der Waals surface area contributed by atoms with Crippen molar-refractivity contribution >= 4 is 41.7 Å². The van der Waals surface area contributed by atoms with Crippen molar-refractivity contribution in [2.24, 2.45) is 16.6 Å². The summed E-state index contributed by atoms with van der Waals surface area (Å²) in [5.41, 5.74) is 7.64. The molecule has 0 radical (unpaired) electrons. The van der Waals surface area contributed by atoms with Crippen LogP contribution in [0, 0.1) is 5.92 Å². The lowest BCUT2D eigenvalue weighted by Crippen LogP contribution is -2.42. The summed E-state index contributed by atoms with van der Waals surface area (Å²) < 4.78 is 5.33. The topological polar surface area (TPSA) is 88.7 Å². The molecule has 2 rings (SSSR count). The molecule has 146 valence electrons. The smallest absolute Gasteiger partial charge is 0.407 e. The van der Waals surface area contributed by atoms with Crippen LogP contribution < -0.4 is 16.4 Å². The maximum absolute atomic E-state index is 12.0. The Balaban J connectivity index is 0.00000338. The van der Waals surface area contributed by atoms with E-state index in [9.17, 15) is 4.79 Å². The number of alkyl carbamates (subject to hydrolysis) is 1. The van der Waals surface area contributed by atoms with Crippen LogP contribution in [0.1, 0.15) is 46.1 Å². The molecule has 1 aromatic carbocycles. The summed E-state index contributed by atoms with van der Waals surface area (Å²) in [5.74, 6) is 0.803. The average Bonchev–Trinajstić information content (AvgIpc) is 3.34. The minimum atomic E-state index is -0.508. The minimum Gasteiger partial charge on any atom is -0.444 e. The predicted octanol–water partition coefficient (Wildman–Crippen LogP) is 3.90. The van der Waals surface area contributed by atoms with Gasteiger partial charge in [-0.1, -0.05) is 19.1 Å². The van der Waals surface area contributed by atoms with Crippen molar-refractivity contribution in [2.75, 3.05) is 11.9 Å². The van der Waals surface area contributed by atoms with Gasteiger partial charge in [0, 0.05) is 5.69 Å². The molecule has 1 aliphatic carbocycles. The number of ether oxygens (including phenoxy) is 1. The number of rotatable bonds is 6. The molecule has 26 heavy (non-hydrogen) atoms. The van der Waals surface area contributed by atoms with Crippen molar-refractivity contribution in [1.82, 2.24) is 5.32 Å². The minimum absolute atomic E-state index is 0. The fraction of sp³-hybridized carbons (Fsp3) is 0.579. The number of nitrogens with one attached hydrogen (secondary N) is 2. The van der Waals surface area contributed by atoms with E-state index in [1.54, 1.807) is 0 Å². The highest BCUT2D eigenvalue weighted by Gasteiger charge is 2.33. The number of aryl methyl sites for hydroxylation is 1. The lowest BCUT2D eigenvalue weighted by molar-refractivity contribution is 0.0500. The quantitative estimate of drug-likeness (QED) is 0.332. The number of nitrogens with zero attached hydrogens (tertiary/aromatic N) is 1. The van der Waals surface area contributed by atoms with Crippen molar-refractivity contribution in [3.8, 4) is 0 Å². The summed E-state index contributed by atoms with van der Waals surface area (Å²) in [5, 5.41) is 6.03. The first kappa shape index (κ1) is 22.5. The summed E-state index contributed by atoms with van der Waals surface area (Å²) >= 11 is 0. The fourth-order valence-corrected chi connectivity index (χ4v) is 2.52. The number of halogens is 1. The Morgan fingerprint density at radius 1 is 1.38 bits per heavy atom. The van der Waals surface area contributed by atoms with Crippen LogP contribution in [0.25, 0.3) is 0 Å². The Morgan fingerprint density at radius 3 is 2.65 bits per heavy atom. The Kier molecular flexibility index (Phi) is 8.66. The molecule has 1 fully saturated rings. The second-order valence-electron chi connectivity index (χ2n) is 7.50. The number of aliphatic imine (C=N–C) groups is 1. The van der Waals surface area contributed by atoms with E-state index in [-0.39, 0.29) is 30.0 Å². The molecule has 0 aromatic heterocycles. The third-order valence-electron chi connectivity index (χ3n) is 3.96. The fourth-order valence-electron chi connectivity index (χ4n) is 2.52. The average molecular weight is 474 g/mol. The van der Waals surface area contributed by atoms with Gasteiger partial charge >= 0.3 is 6.09 Å². The van der Waals surface area contributed by atoms with Gasteiger partial charge in [-0.05, 0) is 63.6 Å². The number of benzene rings is 1. The zero-order valence-electron chi connectivity index (χ0n) is 16.0. The number of anilines is 1. The summed E-state index contributed by atoms with van der Waals surface area (Å²) in [6, 6.07) is 8.04. The molecular formula is C19H31IN4O2. The molecule has 1 saturated carbocycles. The molecule has 1 amide bonds. The van der Waals surface area contributed by atoms with Gasteiger partial charge in [0.1, 0.15) is 5.60 Å². The van der Waals surface area contributed by atoms with E-state index in [0.717, 1.165) is 24.9 Å². The molecule has 0 saturated heterocycles. The zero-order chi connectivity index (χ0) is 18.4. The molecule has 0 aliphatic heterocycles. The Hall–Kier alpha value is -1.51. The number of hydrogen-bond donors (Lipinski definition) is 3. The van der Waals surface area contributed by atoms with Gasteiger partial charge in [-0.3, -0.25) is 4.99 Å². The van der Waals surface area contributed by atoms with Crippen molar-refractivity contribution in [1.29, 1.82) is 0 Å². The Labute approximate surface area is 173 Å². The molecule has 1 atom stereocenters. The van der Waals surface area contributed by atoms with Crippen molar-refractivity contribution in [3.05, 3.63) is 29.8 Å². The predicted molar refractivity (Wildman–Crippen MR) is 117 cm³/mol. The van der Waals surface area contributed by atoms with Gasteiger partial charge in [0.25, 0.3) is 0 Å². The molecule has 0 bridgehead atoms. The standard InChI is InChI=1S/C19H30N4O2.HI/c1-5-13-7-6-8-15(11-13)22-17(20)21-12-16(14-9-10-14)23-18(24)25-19(2,3)4;/h6-8,11,14,16H,5,9-10,12H2,1-4H3,(H,23,24)(H3,20,21,22);1H. The van der Waals surface area contributed by atoms with E-state index in [1.807, 2.05) is 32.9 Å². The van der Waals surface area contributed by atoms with Gasteiger partial charge in [0.2, 0.25) is 0 Å². The van der Waals surface area contributed by atoms with Crippen LogP contribution in [0.5, 0.6) is 0 Å². The summed E-state index contributed by atoms with van der Waals surface area (Å²) in [7, 11) is 0. The lowest BCUT2D eigenvalue weighted by Gasteiger charge is -2.23. The molecule has 4 N–H and O–H groups in total. The lowest BCUT2D eigenvalue weighted by atomic mass is 10.1. The Bertz CT molecular complexity index is 624. The normalized spacial score (nSPS) is 15.6. The molecule has 1 aromatic rings. The van der Waals surface area contributed by atoms with Gasteiger partial charge < -0.3 is 21.1 Å². The number of amides is 1. The molecule has 0 heterocycles. The van der Waals surface area contributed by atoms with E-state index in [4.69, 9.17) is 10.5 Å². The summed E-state index contributed by atoms with van der Waals surface area (Å²) in [6.07, 6.45) is 2.77. The van der Waals surface area contributed by atoms with Crippen LogP contribution in [-0.4, -0.2) is 30.2 Å². The van der Waals surface area contributed by atoms with E-state index in [1.165, 1.54) is 5.56 Å². The van der Waals surface area contributed by atoms with Crippen molar-refractivity contribution in [3.63, 3.8) is 0 Å². The number of hydrogen-bond acceptors (Lipinski definition) is 3. The van der Waals surface area contributed by atoms with Crippen molar-refractivity contribution < 1.29 is 9.53 Å². The highest BCUT2D eigenvalue weighted by atomic mass is 127. The molecule has 0 spiro atoms. The van der Waals surface area contributed by atoms with Gasteiger partial charge in [-0.25, -0.2) is 4.79 Å². The molecule has 1 unspecified atom stereocenters. The second kappa shape index (κ2) is 9.99. The molecule has 1 aliphatic rings. The molecule has 6 nitrogen and oxygen atoms in total. The highest BCUT2D eigenvalue weighted by molar-refractivity contribution is 14.0. The van der Waals surface area contributed by atoms with E-state index >= 15 is 0 Å². The monoisotopic (exact) mass is 474 g/mol. The van der Waals surface area contributed by atoms with Crippen LogP contribution in [0.2, 0.25) is 0 Å². The van der Waals surface area contributed by atoms with Crippen LogP contribution in [0.3, 0.4) is 0 Å². The molecule has 7 heteroatoms. The highest BCUT2D eigenvalue weighted by Crippen LogP contribution is 2.33. The van der Waals surface area contributed by atoms with E-state index in [2.05, 4.69) is 34.7 Å². The SMILES string of the molecule is CCc1cccc(NC(N)=NCC(NC(=O)OC(C)(C)C)C2CC2)c1.I. The van der Waals surface area contributed by atoms with Gasteiger partial charge in [-0.2, -0.15) is 0 Å². The summed E-state index contributed by atoms with van der Waals surface area (Å²) in [6.45, 7) is 8.10. The largest absolute Gasteiger partial charge is 0.444 e. The maximum Gasteiger partial charge on any atom is 0.407 e. The van der Waals surface area contributed by atoms with Gasteiger partial charge in [0.05, 0.1) is 12.6 Å². The van der Waals surface area contributed by atoms with Crippen molar-refractivity contribution in [2.45, 2.75) is 58.6 Å². The third kappa shape index (κ3) is 8.25. The zero-order valence-corrected chi connectivity index (χ0v) is 18.4. The van der Waals surface area contributed by atoms with Gasteiger partial charge in [0.15, 0.2) is 5.96 Å². The first-order chi connectivity index (χ1) is 11.8. The van der Waals surface area contributed by atoms with E-state index in [0.29, 0.717) is 18.4 Å². The second-order valence-corrected chi connectivity index (χ2v) is 7.50. The maximum atomic E-state index is 12.0. The number of nitrogens with two attached hydrogens (primary N) is 1. The number of carbonyl (C=O) groups excluding carboxylic acids is 1. The number of carbonyl (C=O) groups is 1. The first-order valence-corrected chi connectivity index (χ1v) is 8.92. The van der Waals surface area contributed by atoms with Crippen LogP contribution in [-0.2, 0) is 11.2 Å². The van der Waals surface area contributed by atoms with Crippen LogP contribution >= 0.6 is 24.0 Å². The van der Waals surface area contributed by atoms with Crippen LogP contribution in [0.15, 0.2) is 29.3 Å². The molecular weight excluding hydrogens is 443 g/mol. The number of guanidine groups is 1. The summed E-state index contributed by atoms with van der Waals surface area (Å²) in [4.78, 5) is 16.4. The van der Waals surface area contributed by atoms with E-state index < -0.39 is 11.7 Å².